The molecule has 0 N–H and O–H groups in total. The first-order valence-corrected chi connectivity index (χ1v) is 4.71. The first kappa shape index (κ1) is 10.9. The normalized spacial score (nSPS) is 11.4. The van der Waals surface area contributed by atoms with Gasteiger partial charge in [0.2, 0.25) is 0 Å². The minimum atomic E-state index is -0.259. The number of benzene rings is 1. The highest BCUT2D eigenvalue weighted by atomic mass is 16.5. The minimum Gasteiger partial charge on any atom is -0.368 e. The van der Waals surface area contributed by atoms with Crippen molar-refractivity contribution in [3.05, 3.63) is 35.9 Å². The fraction of sp³-hybridized carbons (Fsp3) is 0.417. The van der Waals surface area contributed by atoms with Crippen LogP contribution in [0.1, 0.15) is 31.1 Å². The molecule has 0 aliphatic rings. The molecule has 1 aromatic rings. The third kappa shape index (κ3) is 3.71. The van der Waals surface area contributed by atoms with Crippen molar-refractivity contribution in [1.29, 1.82) is 0 Å². The zero-order valence-electron chi connectivity index (χ0n) is 8.91. The summed E-state index contributed by atoms with van der Waals surface area (Å²) in [4.78, 5) is 11.6. The van der Waals surface area contributed by atoms with E-state index in [1.165, 1.54) is 0 Å². The van der Waals surface area contributed by atoms with Gasteiger partial charge in [-0.25, -0.2) is 0 Å². The molecule has 0 amide bonds. The van der Waals surface area contributed by atoms with Gasteiger partial charge in [0.1, 0.15) is 6.61 Å². The van der Waals surface area contributed by atoms with Crippen LogP contribution in [0.5, 0.6) is 0 Å². The smallest absolute Gasteiger partial charge is 0.188 e. The predicted molar refractivity (Wildman–Crippen MR) is 56.5 cm³/mol. The molecule has 0 atom stereocenters. The van der Waals surface area contributed by atoms with E-state index < -0.39 is 0 Å². The number of hydrogen-bond donors (Lipinski definition) is 0. The maximum absolute atomic E-state index is 11.6. The minimum absolute atomic E-state index is 0.0283. The van der Waals surface area contributed by atoms with Gasteiger partial charge in [0.05, 0.1) is 5.60 Å². The van der Waals surface area contributed by atoms with Crippen LogP contribution in [-0.2, 0) is 4.74 Å². The Balaban J connectivity index is 2.52. The first-order valence-electron chi connectivity index (χ1n) is 4.71. The van der Waals surface area contributed by atoms with Crippen LogP contribution in [0.2, 0.25) is 0 Å². The largest absolute Gasteiger partial charge is 0.368 e. The molecule has 0 aliphatic heterocycles. The average Bonchev–Trinajstić information content (AvgIpc) is 2.14. The molecule has 0 fully saturated rings. The molecule has 14 heavy (non-hydrogen) atoms. The second-order valence-corrected chi connectivity index (χ2v) is 4.19. The molecule has 0 bridgehead atoms. The fourth-order valence-corrected chi connectivity index (χ4v) is 0.989. The molecule has 0 saturated heterocycles. The van der Waals surface area contributed by atoms with E-state index in [1.54, 1.807) is 12.1 Å². The van der Waals surface area contributed by atoms with Crippen molar-refractivity contribution in [3.63, 3.8) is 0 Å². The van der Waals surface area contributed by atoms with Gasteiger partial charge in [-0.15, -0.1) is 0 Å². The highest BCUT2D eigenvalue weighted by molar-refractivity contribution is 5.97. The average molecular weight is 192 g/mol. The number of ether oxygens (including phenoxy) is 1. The number of ketones is 1. The Labute approximate surface area is 84.9 Å². The Hall–Kier alpha value is -1.15. The van der Waals surface area contributed by atoms with Crippen molar-refractivity contribution in [3.8, 4) is 0 Å². The summed E-state index contributed by atoms with van der Waals surface area (Å²) in [6, 6.07) is 9.19. The van der Waals surface area contributed by atoms with Crippen LogP contribution in [0.3, 0.4) is 0 Å². The Morgan fingerprint density at radius 1 is 1.21 bits per heavy atom. The summed E-state index contributed by atoms with van der Waals surface area (Å²) in [5.41, 5.74) is 0.446. The summed E-state index contributed by atoms with van der Waals surface area (Å²) in [7, 11) is 0. The zero-order valence-corrected chi connectivity index (χ0v) is 8.91. The predicted octanol–water partition coefficient (Wildman–Crippen LogP) is 2.68. The van der Waals surface area contributed by atoms with Crippen molar-refractivity contribution in [2.75, 3.05) is 6.61 Å². The topological polar surface area (TPSA) is 26.3 Å². The molecule has 0 heterocycles. The summed E-state index contributed by atoms with van der Waals surface area (Å²) >= 11 is 0. The Morgan fingerprint density at radius 2 is 1.79 bits per heavy atom. The van der Waals surface area contributed by atoms with Crippen molar-refractivity contribution in [2.45, 2.75) is 26.4 Å². The summed E-state index contributed by atoms with van der Waals surface area (Å²) < 4.78 is 5.40. The molecule has 1 aromatic carbocycles. The molecule has 0 unspecified atom stereocenters. The van der Waals surface area contributed by atoms with Crippen LogP contribution in [0.25, 0.3) is 0 Å². The van der Waals surface area contributed by atoms with Gasteiger partial charge >= 0.3 is 0 Å². The third-order valence-electron chi connectivity index (χ3n) is 1.73. The van der Waals surface area contributed by atoms with E-state index in [2.05, 4.69) is 0 Å². The van der Waals surface area contributed by atoms with Crippen molar-refractivity contribution < 1.29 is 9.53 Å². The highest BCUT2D eigenvalue weighted by Crippen LogP contribution is 2.08. The van der Waals surface area contributed by atoms with Crippen molar-refractivity contribution in [1.82, 2.24) is 0 Å². The molecular formula is C12H16O2. The fourth-order valence-electron chi connectivity index (χ4n) is 0.989. The van der Waals surface area contributed by atoms with Crippen LogP contribution < -0.4 is 0 Å². The summed E-state index contributed by atoms with van der Waals surface area (Å²) in [6.45, 7) is 5.95. The second kappa shape index (κ2) is 4.38. The maximum Gasteiger partial charge on any atom is 0.188 e. The van der Waals surface area contributed by atoms with Gasteiger partial charge in [0.15, 0.2) is 5.78 Å². The molecule has 0 aromatic heterocycles. The molecule has 0 radical (unpaired) electrons. The lowest BCUT2D eigenvalue weighted by atomic mass is 10.1. The summed E-state index contributed by atoms with van der Waals surface area (Å²) in [5.74, 6) is 0.0283. The van der Waals surface area contributed by atoms with Gasteiger partial charge in [0, 0.05) is 5.56 Å². The monoisotopic (exact) mass is 192 g/mol. The van der Waals surface area contributed by atoms with E-state index in [1.807, 2.05) is 39.0 Å². The van der Waals surface area contributed by atoms with Crippen LogP contribution >= 0.6 is 0 Å². The number of hydrogen-bond acceptors (Lipinski definition) is 2. The molecule has 0 saturated carbocycles. The SMILES string of the molecule is CC(C)(C)OCC(=O)c1ccccc1. The number of Topliss-reactive ketones (excluding diaryl/α,β-unsaturated/α-hetero) is 1. The van der Waals surface area contributed by atoms with Gasteiger partial charge < -0.3 is 4.74 Å². The highest BCUT2D eigenvalue weighted by Gasteiger charge is 2.13. The van der Waals surface area contributed by atoms with E-state index in [-0.39, 0.29) is 18.0 Å². The molecular weight excluding hydrogens is 176 g/mol. The summed E-state index contributed by atoms with van der Waals surface area (Å²) in [5, 5.41) is 0. The van der Waals surface area contributed by atoms with Gasteiger partial charge in [0.25, 0.3) is 0 Å². The van der Waals surface area contributed by atoms with Crippen LogP contribution in [0.4, 0.5) is 0 Å². The summed E-state index contributed by atoms with van der Waals surface area (Å²) in [6.07, 6.45) is 0. The number of carbonyl (C=O) groups is 1. The third-order valence-corrected chi connectivity index (χ3v) is 1.73. The molecule has 1 rings (SSSR count). The Morgan fingerprint density at radius 3 is 2.29 bits per heavy atom. The zero-order chi connectivity index (χ0) is 10.6. The van der Waals surface area contributed by atoms with Gasteiger partial charge in [-0.1, -0.05) is 30.3 Å². The second-order valence-electron chi connectivity index (χ2n) is 4.19. The standard InChI is InChI=1S/C12H16O2/c1-12(2,3)14-9-11(13)10-7-5-4-6-8-10/h4-8H,9H2,1-3H3. The van der Waals surface area contributed by atoms with Gasteiger partial charge in [-0.3, -0.25) is 4.79 Å². The lowest BCUT2D eigenvalue weighted by Crippen LogP contribution is -2.23. The van der Waals surface area contributed by atoms with Crippen LogP contribution in [0.15, 0.2) is 30.3 Å². The maximum atomic E-state index is 11.6. The number of carbonyl (C=O) groups excluding carboxylic acids is 1. The van der Waals surface area contributed by atoms with E-state index in [0.717, 1.165) is 0 Å². The Bertz CT molecular complexity index is 296. The van der Waals surface area contributed by atoms with Gasteiger partial charge in [-0.05, 0) is 20.8 Å². The molecule has 2 heteroatoms. The van der Waals surface area contributed by atoms with Crippen LogP contribution in [0, 0.1) is 0 Å². The Kier molecular flexibility index (Phi) is 3.42. The molecule has 76 valence electrons. The molecule has 0 spiro atoms. The van der Waals surface area contributed by atoms with Crippen LogP contribution in [-0.4, -0.2) is 18.0 Å². The molecule has 0 aliphatic carbocycles. The van der Waals surface area contributed by atoms with E-state index in [9.17, 15) is 4.79 Å². The van der Waals surface area contributed by atoms with Crippen molar-refractivity contribution >= 4 is 5.78 Å². The first-order chi connectivity index (χ1) is 6.49. The number of rotatable bonds is 3. The van der Waals surface area contributed by atoms with E-state index in [4.69, 9.17) is 4.74 Å². The van der Waals surface area contributed by atoms with E-state index in [0.29, 0.717) is 5.56 Å². The lowest BCUT2D eigenvalue weighted by Gasteiger charge is -2.18. The quantitative estimate of drug-likeness (QED) is 0.688. The lowest BCUT2D eigenvalue weighted by molar-refractivity contribution is 0.00306. The molecule has 2 nitrogen and oxygen atoms in total. The van der Waals surface area contributed by atoms with E-state index >= 15 is 0 Å². The van der Waals surface area contributed by atoms with Crippen molar-refractivity contribution in [2.24, 2.45) is 0 Å². The van der Waals surface area contributed by atoms with Gasteiger partial charge in [-0.2, -0.15) is 0 Å².